The normalized spacial score (nSPS) is 16.5. The van der Waals surface area contributed by atoms with Crippen LogP contribution in [0.1, 0.15) is 6.92 Å². The van der Waals surface area contributed by atoms with Crippen LogP contribution in [0.4, 0.5) is 5.69 Å². The molecule has 0 bridgehead atoms. The van der Waals surface area contributed by atoms with Crippen molar-refractivity contribution >= 4 is 33.0 Å². The summed E-state index contributed by atoms with van der Waals surface area (Å²) in [5.41, 5.74) is 0.901. The molecule has 1 aromatic carbocycles. The summed E-state index contributed by atoms with van der Waals surface area (Å²) in [6, 6.07) is 13.0. The van der Waals surface area contributed by atoms with E-state index in [4.69, 9.17) is 0 Å². The van der Waals surface area contributed by atoms with Crippen molar-refractivity contribution < 1.29 is 18.1 Å². The molecule has 2 aromatic rings. The second kappa shape index (κ2) is 8.30. The van der Waals surface area contributed by atoms with Crippen molar-refractivity contribution in [3.05, 3.63) is 47.8 Å². The van der Waals surface area contributed by atoms with Gasteiger partial charge in [0.15, 0.2) is 6.54 Å². The smallest absolute Gasteiger partial charge is 0.282 e. The molecule has 26 heavy (non-hydrogen) atoms. The summed E-state index contributed by atoms with van der Waals surface area (Å²) < 4.78 is 27.1. The Kier molecular flexibility index (Phi) is 6.08. The van der Waals surface area contributed by atoms with Gasteiger partial charge in [-0.3, -0.25) is 4.79 Å². The number of amides is 1. The molecule has 0 spiro atoms. The van der Waals surface area contributed by atoms with E-state index < -0.39 is 10.0 Å². The largest absolute Gasteiger partial charge is 0.325 e. The quantitative estimate of drug-likeness (QED) is 0.784. The summed E-state index contributed by atoms with van der Waals surface area (Å²) in [6.45, 7) is 5.14. The topological polar surface area (TPSA) is 62.1 Å². The summed E-state index contributed by atoms with van der Waals surface area (Å²) in [5.74, 6) is 0.0725. The molecule has 8 heteroatoms. The van der Waals surface area contributed by atoms with E-state index in [1.807, 2.05) is 37.3 Å². The number of hydrogen-bond acceptors (Lipinski definition) is 4. The van der Waals surface area contributed by atoms with Crippen LogP contribution in [-0.2, 0) is 14.8 Å². The van der Waals surface area contributed by atoms with Gasteiger partial charge in [-0.1, -0.05) is 24.3 Å². The van der Waals surface area contributed by atoms with Crippen LogP contribution < -0.4 is 9.80 Å². The fraction of sp³-hybridized carbons (Fsp3) is 0.389. The van der Waals surface area contributed by atoms with Crippen LogP contribution in [0.5, 0.6) is 0 Å². The maximum absolute atomic E-state index is 12.7. The number of quaternary nitrogens is 1. The zero-order valence-corrected chi connectivity index (χ0v) is 16.4. The Morgan fingerprint density at radius 2 is 1.85 bits per heavy atom. The van der Waals surface area contributed by atoms with Crippen LogP contribution in [0.3, 0.4) is 0 Å². The first-order valence-corrected chi connectivity index (χ1v) is 11.1. The lowest BCUT2D eigenvalue weighted by molar-refractivity contribution is -0.895. The van der Waals surface area contributed by atoms with Crippen molar-refractivity contribution in [3.63, 3.8) is 0 Å². The molecule has 140 valence electrons. The Morgan fingerprint density at radius 1 is 1.15 bits per heavy atom. The van der Waals surface area contributed by atoms with Gasteiger partial charge in [0.25, 0.3) is 15.9 Å². The molecule has 1 aromatic heterocycles. The van der Waals surface area contributed by atoms with E-state index in [0.29, 0.717) is 43.5 Å². The van der Waals surface area contributed by atoms with Gasteiger partial charge in [-0.05, 0) is 30.5 Å². The molecule has 0 saturated carbocycles. The fourth-order valence-electron chi connectivity index (χ4n) is 3.18. The molecule has 0 aliphatic carbocycles. The summed E-state index contributed by atoms with van der Waals surface area (Å²) in [5, 5.41) is 1.77. The number of nitrogens with one attached hydrogen (secondary N) is 1. The Balaban J connectivity index is 1.58. The second-order valence-electron chi connectivity index (χ2n) is 6.24. The van der Waals surface area contributed by atoms with Crippen molar-refractivity contribution in [2.45, 2.75) is 11.1 Å². The molecular formula is C18H24N3O3S2+. The molecule has 6 nitrogen and oxygen atoms in total. The van der Waals surface area contributed by atoms with Gasteiger partial charge in [0, 0.05) is 12.2 Å². The number of carbonyl (C=O) groups is 1. The summed E-state index contributed by atoms with van der Waals surface area (Å²) in [6.07, 6.45) is 0. The molecule has 1 aliphatic heterocycles. The Hall–Kier alpha value is -1.74. The van der Waals surface area contributed by atoms with Gasteiger partial charge in [0.2, 0.25) is 0 Å². The molecular weight excluding hydrogens is 370 g/mol. The Bertz CT molecular complexity index is 815. The van der Waals surface area contributed by atoms with E-state index in [9.17, 15) is 13.2 Å². The zero-order chi connectivity index (χ0) is 18.6. The number of benzene rings is 1. The van der Waals surface area contributed by atoms with Crippen LogP contribution in [0, 0.1) is 0 Å². The van der Waals surface area contributed by atoms with Crippen LogP contribution in [0.2, 0.25) is 0 Å². The summed E-state index contributed by atoms with van der Waals surface area (Å²) in [7, 11) is -3.39. The van der Waals surface area contributed by atoms with E-state index in [1.54, 1.807) is 22.4 Å². The van der Waals surface area contributed by atoms with Gasteiger partial charge in [0.1, 0.15) is 4.21 Å². The maximum atomic E-state index is 12.7. The van der Waals surface area contributed by atoms with E-state index >= 15 is 0 Å². The first kappa shape index (κ1) is 19.0. The summed E-state index contributed by atoms with van der Waals surface area (Å²) in [4.78, 5) is 15.6. The van der Waals surface area contributed by atoms with Crippen molar-refractivity contribution in [1.82, 2.24) is 4.31 Å². The molecule has 0 radical (unpaired) electrons. The van der Waals surface area contributed by atoms with Gasteiger partial charge in [0.05, 0.1) is 26.2 Å². The number of anilines is 1. The van der Waals surface area contributed by atoms with E-state index in [2.05, 4.69) is 0 Å². The number of sulfonamides is 1. The Labute approximate surface area is 158 Å². The molecule has 1 saturated heterocycles. The van der Waals surface area contributed by atoms with Gasteiger partial charge in [-0.2, -0.15) is 4.31 Å². The number of para-hydroxylation sites is 1. The van der Waals surface area contributed by atoms with Crippen molar-refractivity contribution in [2.24, 2.45) is 0 Å². The van der Waals surface area contributed by atoms with Crippen LogP contribution >= 0.6 is 11.3 Å². The predicted molar refractivity (Wildman–Crippen MR) is 103 cm³/mol. The van der Waals surface area contributed by atoms with E-state index in [-0.39, 0.29) is 5.91 Å². The number of likely N-dealkylation sites (N-methyl/N-ethyl adjacent to an activating group) is 1. The lowest BCUT2D eigenvalue weighted by atomic mass is 10.2. The minimum atomic E-state index is -3.39. The highest BCUT2D eigenvalue weighted by Gasteiger charge is 2.32. The highest BCUT2D eigenvalue weighted by atomic mass is 32.2. The summed E-state index contributed by atoms with van der Waals surface area (Å²) >= 11 is 1.24. The number of piperazine rings is 1. The lowest BCUT2D eigenvalue weighted by Gasteiger charge is -2.32. The average molecular weight is 395 g/mol. The van der Waals surface area contributed by atoms with Crippen molar-refractivity contribution in [2.75, 3.05) is 44.2 Å². The monoisotopic (exact) mass is 394 g/mol. The molecule has 1 amide bonds. The van der Waals surface area contributed by atoms with E-state index in [0.717, 1.165) is 10.6 Å². The third kappa shape index (κ3) is 4.15. The van der Waals surface area contributed by atoms with Crippen LogP contribution in [-0.4, -0.2) is 57.9 Å². The predicted octanol–water partition coefficient (Wildman–Crippen LogP) is 0.690. The second-order valence-corrected chi connectivity index (χ2v) is 9.35. The van der Waals surface area contributed by atoms with Crippen LogP contribution in [0.25, 0.3) is 0 Å². The number of thiophene rings is 1. The molecule has 2 heterocycles. The number of carbonyl (C=O) groups excluding carboxylic acids is 1. The first-order chi connectivity index (χ1) is 12.5. The fourth-order valence-corrected chi connectivity index (χ4v) is 5.76. The van der Waals surface area contributed by atoms with Gasteiger partial charge in [-0.25, -0.2) is 8.42 Å². The molecule has 1 fully saturated rings. The third-order valence-corrected chi connectivity index (χ3v) is 7.88. The maximum Gasteiger partial charge on any atom is 0.282 e. The average Bonchev–Trinajstić information content (AvgIpc) is 3.19. The van der Waals surface area contributed by atoms with Crippen molar-refractivity contribution in [1.29, 1.82) is 0 Å². The lowest BCUT2D eigenvalue weighted by Crippen LogP contribution is -3.15. The molecule has 1 aliphatic rings. The van der Waals surface area contributed by atoms with Gasteiger partial charge < -0.3 is 9.80 Å². The van der Waals surface area contributed by atoms with Gasteiger partial charge >= 0.3 is 0 Å². The number of hydrogen-bond donors (Lipinski definition) is 1. The van der Waals surface area contributed by atoms with Gasteiger partial charge in [-0.15, -0.1) is 11.3 Å². The molecule has 3 rings (SSSR count). The zero-order valence-electron chi connectivity index (χ0n) is 14.8. The van der Waals surface area contributed by atoms with Crippen LogP contribution in [0.15, 0.2) is 52.1 Å². The SMILES string of the molecule is CCN(C(=O)C[NH+]1CCN(S(=O)(=O)c2cccs2)CC1)c1ccccc1. The minimum Gasteiger partial charge on any atom is -0.325 e. The highest BCUT2D eigenvalue weighted by Crippen LogP contribution is 2.20. The molecule has 0 unspecified atom stereocenters. The molecule has 0 atom stereocenters. The number of nitrogens with zero attached hydrogens (tertiary/aromatic N) is 2. The standard InChI is InChI=1S/C18H23N3O3S2/c1-2-21(16-7-4-3-5-8-16)17(22)15-19-10-12-20(13-11-19)26(23,24)18-9-6-14-25-18/h3-9,14H,2,10-13,15H2,1H3/p+1. The number of rotatable bonds is 6. The van der Waals surface area contributed by atoms with Crippen molar-refractivity contribution in [3.8, 4) is 0 Å². The third-order valence-electron chi connectivity index (χ3n) is 4.61. The van der Waals surface area contributed by atoms with E-state index in [1.165, 1.54) is 15.6 Å². The minimum absolute atomic E-state index is 0.0725. The highest BCUT2D eigenvalue weighted by molar-refractivity contribution is 7.91. The first-order valence-electron chi connectivity index (χ1n) is 8.75. The molecule has 1 N–H and O–H groups in total. The Morgan fingerprint density at radius 3 is 2.42 bits per heavy atom.